The molecular formula is C62H58N2Si. The summed E-state index contributed by atoms with van der Waals surface area (Å²) in [6.07, 6.45) is 0. The number of anilines is 4. The molecule has 0 saturated heterocycles. The van der Waals surface area contributed by atoms with Gasteiger partial charge in [0.05, 0.1) is 5.54 Å². The number of hydrogen-bond acceptors (Lipinski definition) is 2. The Balaban J connectivity index is 1.14. The predicted octanol–water partition coefficient (Wildman–Crippen LogP) is 13.5. The molecule has 0 unspecified atom stereocenters. The van der Waals surface area contributed by atoms with Crippen molar-refractivity contribution in [3.63, 3.8) is 0 Å². The summed E-state index contributed by atoms with van der Waals surface area (Å²) >= 11 is 0. The molecule has 0 aliphatic rings. The zero-order valence-electron chi connectivity index (χ0n) is 38.5. The fraction of sp³-hybridized carbons (Fsp3) is 0.129. The first-order chi connectivity index (χ1) is 31.5. The first-order valence-electron chi connectivity index (χ1n) is 22.8. The molecule has 0 spiro atoms. The highest BCUT2D eigenvalue weighted by Crippen LogP contribution is 2.41. The quantitative estimate of drug-likeness (QED) is 0.0892. The van der Waals surface area contributed by atoms with Crippen molar-refractivity contribution in [2.45, 2.75) is 45.6 Å². The summed E-state index contributed by atoms with van der Waals surface area (Å²) in [6, 6.07) is 89.8. The lowest BCUT2D eigenvalue weighted by Crippen LogP contribution is -2.74. The Morgan fingerprint density at radius 3 is 0.969 bits per heavy atom. The van der Waals surface area contributed by atoms with E-state index in [0.717, 1.165) is 22.7 Å². The summed E-state index contributed by atoms with van der Waals surface area (Å²) in [4.78, 5) is 4.80. The molecule has 3 heteroatoms. The molecule has 2 nitrogen and oxygen atoms in total. The lowest BCUT2D eigenvalue weighted by atomic mass is 9.84. The van der Waals surface area contributed by atoms with Gasteiger partial charge in [-0.1, -0.05) is 215 Å². The number of nitrogens with zero attached hydrogens (tertiary/aromatic N) is 2. The highest BCUT2D eigenvalue weighted by atomic mass is 28.3. The van der Waals surface area contributed by atoms with Crippen molar-refractivity contribution < 1.29 is 0 Å². The van der Waals surface area contributed by atoms with E-state index in [1.54, 1.807) is 0 Å². The van der Waals surface area contributed by atoms with Crippen molar-refractivity contribution in [3.05, 3.63) is 254 Å². The SMILES string of the molecule is CN(c1ccc(-c2ccccc2)cc1)c1ccc([Si](c2ccccc2)(c2ccccc2)c2ccc(N(c3ccc(-c4ccccc4)cc3)C(C)(C)c3ccc(C(C)(C)C)cc3)cc2)cc1. The summed E-state index contributed by atoms with van der Waals surface area (Å²) in [5.74, 6) is 0. The average molecular weight is 859 g/mol. The summed E-state index contributed by atoms with van der Waals surface area (Å²) in [7, 11) is -0.676. The molecule has 0 radical (unpaired) electrons. The molecule has 0 bridgehead atoms. The highest BCUT2D eigenvalue weighted by Gasteiger charge is 2.42. The molecule has 320 valence electrons. The van der Waals surface area contributed by atoms with Crippen molar-refractivity contribution >= 4 is 51.6 Å². The van der Waals surface area contributed by atoms with E-state index in [2.05, 4.69) is 294 Å². The molecule has 9 rings (SSSR count). The number of benzene rings is 9. The van der Waals surface area contributed by atoms with E-state index in [9.17, 15) is 0 Å². The van der Waals surface area contributed by atoms with Crippen LogP contribution in [0, 0.1) is 0 Å². The summed E-state index contributed by atoms with van der Waals surface area (Å²) in [5.41, 5.74) is 11.7. The lowest BCUT2D eigenvalue weighted by molar-refractivity contribution is 0.533. The fourth-order valence-electron chi connectivity index (χ4n) is 9.56. The minimum absolute atomic E-state index is 0.0741. The maximum atomic E-state index is 2.52. The molecule has 65 heavy (non-hydrogen) atoms. The molecular weight excluding hydrogens is 801 g/mol. The Hall–Kier alpha value is -7.20. The van der Waals surface area contributed by atoms with Gasteiger partial charge in [0.1, 0.15) is 0 Å². The number of rotatable bonds is 12. The largest absolute Gasteiger partial charge is 0.345 e. The minimum Gasteiger partial charge on any atom is -0.345 e. The molecule has 0 aromatic heterocycles. The van der Waals surface area contributed by atoms with E-state index >= 15 is 0 Å². The van der Waals surface area contributed by atoms with Crippen molar-refractivity contribution in [3.8, 4) is 22.3 Å². The monoisotopic (exact) mass is 858 g/mol. The molecule has 0 aliphatic heterocycles. The maximum absolute atomic E-state index is 2.83. The highest BCUT2D eigenvalue weighted by molar-refractivity contribution is 7.19. The van der Waals surface area contributed by atoms with Gasteiger partial charge in [-0.2, -0.15) is 0 Å². The maximum Gasteiger partial charge on any atom is 0.179 e. The van der Waals surface area contributed by atoms with Crippen LogP contribution in [0.1, 0.15) is 45.7 Å². The van der Waals surface area contributed by atoms with Crippen LogP contribution in [0.3, 0.4) is 0 Å². The van der Waals surface area contributed by atoms with Crippen LogP contribution in [0.25, 0.3) is 22.3 Å². The molecule has 0 fully saturated rings. The summed E-state index contributed by atoms with van der Waals surface area (Å²) in [5, 5.41) is 5.38. The van der Waals surface area contributed by atoms with E-state index in [1.807, 2.05) is 0 Å². The van der Waals surface area contributed by atoms with Gasteiger partial charge in [0.2, 0.25) is 0 Å². The third kappa shape index (κ3) is 8.60. The Labute approximate surface area is 388 Å². The molecule has 0 N–H and O–H groups in total. The second-order valence-corrected chi connectivity index (χ2v) is 22.5. The van der Waals surface area contributed by atoms with E-state index in [-0.39, 0.29) is 11.0 Å². The smallest absolute Gasteiger partial charge is 0.179 e. The Morgan fingerprint density at radius 1 is 0.292 bits per heavy atom. The Morgan fingerprint density at radius 2 is 0.585 bits per heavy atom. The normalized spacial score (nSPS) is 11.8. The number of hydrogen-bond donors (Lipinski definition) is 0. The van der Waals surface area contributed by atoms with Gasteiger partial charge in [-0.05, 0) is 122 Å². The first-order valence-corrected chi connectivity index (χ1v) is 24.8. The van der Waals surface area contributed by atoms with Crippen LogP contribution in [0.5, 0.6) is 0 Å². The van der Waals surface area contributed by atoms with Crippen LogP contribution < -0.4 is 30.5 Å². The van der Waals surface area contributed by atoms with E-state index in [0.29, 0.717) is 0 Å². The second kappa shape index (κ2) is 18.1. The van der Waals surface area contributed by atoms with Gasteiger partial charge in [0.25, 0.3) is 0 Å². The zero-order valence-corrected chi connectivity index (χ0v) is 39.5. The van der Waals surface area contributed by atoms with Crippen LogP contribution >= 0.6 is 0 Å². The predicted molar refractivity (Wildman–Crippen MR) is 282 cm³/mol. The molecule has 0 atom stereocenters. The van der Waals surface area contributed by atoms with Crippen molar-refractivity contribution in [1.29, 1.82) is 0 Å². The van der Waals surface area contributed by atoms with Crippen LogP contribution in [0.15, 0.2) is 243 Å². The van der Waals surface area contributed by atoms with Gasteiger partial charge in [-0.15, -0.1) is 0 Å². The Kier molecular flexibility index (Phi) is 12.0. The third-order valence-electron chi connectivity index (χ3n) is 13.3. The van der Waals surface area contributed by atoms with E-state index in [4.69, 9.17) is 0 Å². The zero-order chi connectivity index (χ0) is 45.0. The first kappa shape index (κ1) is 43.1. The van der Waals surface area contributed by atoms with Crippen LogP contribution in [0.4, 0.5) is 22.7 Å². The average Bonchev–Trinajstić information content (AvgIpc) is 3.36. The van der Waals surface area contributed by atoms with Crippen LogP contribution in [-0.2, 0) is 11.0 Å². The van der Waals surface area contributed by atoms with E-state index in [1.165, 1.54) is 54.1 Å². The van der Waals surface area contributed by atoms with Gasteiger partial charge in [-0.3, -0.25) is 0 Å². The van der Waals surface area contributed by atoms with Crippen molar-refractivity contribution in [2.75, 3.05) is 16.8 Å². The molecule has 0 amide bonds. The topological polar surface area (TPSA) is 6.48 Å². The van der Waals surface area contributed by atoms with Crippen molar-refractivity contribution in [1.82, 2.24) is 0 Å². The molecule has 0 aliphatic carbocycles. The van der Waals surface area contributed by atoms with Gasteiger partial charge in [0, 0.05) is 29.8 Å². The minimum atomic E-state index is -2.83. The lowest BCUT2D eigenvalue weighted by Gasteiger charge is -2.42. The standard InChI is InChI=1S/C62H58N2Si/c1-61(2,3)51-31-33-52(34-32-51)62(4,5)64(55-37-29-50(30-38-55)48-21-13-8-14-22-48)56-41-45-60(46-42-56)65(57-23-15-9-16-24-57,58-25-17-10-18-26-58)59-43-39-54(40-44-59)63(6)53-35-27-49(28-36-53)47-19-11-7-12-20-47/h7-46H,1-6H3. The van der Waals surface area contributed by atoms with Crippen LogP contribution in [-0.4, -0.2) is 15.1 Å². The molecule has 0 heterocycles. The fourth-order valence-corrected chi connectivity index (χ4v) is 14.3. The second-order valence-electron chi connectivity index (χ2n) is 18.7. The van der Waals surface area contributed by atoms with E-state index < -0.39 is 8.07 Å². The third-order valence-corrected chi connectivity index (χ3v) is 18.1. The summed E-state index contributed by atoms with van der Waals surface area (Å²) < 4.78 is 0. The molecule has 9 aromatic carbocycles. The van der Waals surface area contributed by atoms with Gasteiger partial charge in [0.15, 0.2) is 8.07 Å². The van der Waals surface area contributed by atoms with Gasteiger partial charge >= 0.3 is 0 Å². The van der Waals surface area contributed by atoms with Crippen molar-refractivity contribution in [2.24, 2.45) is 0 Å². The van der Waals surface area contributed by atoms with Crippen LogP contribution in [0.2, 0.25) is 0 Å². The molecule has 0 saturated carbocycles. The van der Waals surface area contributed by atoms with Gasteiger partial charge in [-0.25, -0.2) is 0 Å². The van der Waals surface area contributed by atoms with Gasteiger partial charge < -0.3 is 9.80 Å². The Bertz CT molecular complexity index is 2880. The summed E-state index contributed by atoms with van der Waals surface area (Å²) in [6.45, 7) is 11.5. The molecule has 9 aromatic rings.